The minimum absolute atomic E-state index is 0.195. The molecule has 6 heteroatoms. The zero-order valence-electron chi connectivity index (χ0n) is 11.8. The molecule has 3 nitrogen and oxygen atoms in total. The summed E-state index contributed by atoms with van der Waals surface area (Å²) >= 11 is 1.47. The molecule has 0 N–H and O–H groups in total. The number of benzene rings is 1. The topological polar surface area (TPSA) is 37.4 Å². The number of thioether (sulfide) groups is 1. The Balaban J connectivity index is 1.86. The Kier molecular flexibility index (Phi) is 4.76. The summed E-state index contributed by atoms with van der Waals surface area (Å²) in [5, 5.41) is 0. The molecule has 2 rings (SSSR count). The third-order valence-electron chi connectivity index (χ3n) is 3.62. The van der Waals surface area contributed by atoms with Crippen LogP contribution in [0.1, 0.15) is 13.8 Å². The minimum atomic E-state index is -2.99. The van der Waals surface area contributed by atoms with Crippen molar-refractivity contribution in [3.8, 4) is 0 Å². The third kappa shape index (κ3) is 3.54. The van der Waals surface area contributed by atoms with Crippen molar-refractivity contribution in [3.05, 3.63) is 30.1 Å². The molecule has 20 heavy (non-hydrogen) atoms. The molecule has 0 aromatic heterocycles. The summed E-state index contributed by atoms with van der Waals surface area (Å²) in [4.78, 5) is 2.80. The van der Waals surface area contributed by atoms with Gasteiger partial charge >= 0.3 is 0 Å². The molecule has 0 aliphatic carbocycles. The third-order valence-corrected chi connectivity index (χ3v) is 7.19. The lowest BCUT2D eigenvalue weighted by atomic mass is 10.2. The Morgan fingerprint density at radius 1 is 1.35 bits per heavy atom. The second kappa shape index (κ2) is 6.03. The predicted molar refractivity (Wildman–Crippen MR) is 81.4 cm³/mol. The Morgan fingerprint density at radius 2 is 2.05 bits per heavy atom. The molecule has 0 atom stereocenters. The maximum atomic E-state index is 13.5. The highest BCUT2D eigenvalue weighted by Crippen LogP contribution is 2.25. The summed E-state index contributed by atoms with van der Waals surface area (Å²) in [6.45, 7) is 5.45. The summed E-state index contributed by atoms with van der Waals surface area (Å²) in [6, 6.07) is 6.73. The van der Waals surface area contributed by atoms with Crippen LogP contribution in [0.4, 0.5) is 4.39 Å². The van der Waals surface area contributed by atoms with Gasteiger partial charge in [0.25, 0.3) is 0 Å². The molecule has 1 saturated heterocycles. The van der Waals surface area contributed by atoms with Crippen LogP contribution in [-0.2, 0) is 9.84 Å². The molecule has 1 aliphatic rings. The van der Waals surface area contributed by atoms with Crippen molar-refractivity contribution in [3.63, 3.8) is 0 Å². The highest BCUT2D eigenvalue weighted by atomic mass is 32.2. The van der Waals surface area contributed by atoms with Gasteiger partial charge in [-0.05, 0) is 26.0 Å². The molecule has 1 fully saturated rings. The van der Waals surface area contributed by atoms with Gasteiger partial charge in [-0.2, -0.15) is 0 Å². The van der Waals surface area contributed by atoms with E-state index in [1.807, 2.05) is 6.07 Å². The van der Waals surface area contributed by atoms with Crippen LogP contribution < -0.4 is 0 Å². The summed E-state index contributed by atoms with van der Waals surface area (Å²) in [6.07, 6.45) is 0. The summed E-state index contributed by atoms with van der Waals surface area (Å²) in [5.74, 6) is 0.778. The van der Waals surface area contributed by atoms with Crippen LogP contribution in [0.5, 0.6) is 0 Å². The van der Waals surface area contributed by atoms with E-state index in [2.05, 4.69) is 4.90 Å². The molecule has 1 aromatic carbocycles. The van der Waals surface area contributed by atoms with Crippen molar-refractivity contribution < 1.29 is 12.8 Å². The molecule has 0 bridgehead atoms. The van der Waals surface area contributed by atoms with Gasteiger partial charge in [-0.15, -0.1) is 11.8 Å². The molecular formula is C14H20FNO2S2. The van der Waals surface area contributed by atoms with Gasteiger partial charge in [-0.25, -0.2) is 12.8 Å². The van der Waals surface area contributed by atoms with Gasteiger partial charge in [-0.3, -0.25) is 4.90 Å². The highest BCUT2D eigenvalue weighted by Gasteiger charge is 2.39. The molecule has 0 unspecified atom stereocenters. The van der Waals surface area contributed by atoms with E-state index in [0.717, 1.165) is 12.3 Å². The minimum Gasteiger partial charge on any atom is -0.300 e. The van der Waals surface area contributed by atoms with Gasteiger partial charge in [0, 0.05) is 30.3 Å². The summed E-state index contributed by atoms with van der Waals surface area (Å²) in [7, 11) is -2.99. The monoisotopic (exact) mass is 317 g/mol. The number of hydrogen-bond acceptors (Lipinski definition) is 4. The largest absolute Gasteiger partial charge is 0.300 e. The van der Waals surface area contributed by atoms with Crippen LogP contribution in [0.2, 0.25) is 0 Å². The molecule has 0 spiro atoms. The van der Waals surface area contributed by atoms with Crippen molar-refractivity contribution >= 4 is 21.6 Å². The first-order chi connectivity index (χ1) is 9.32. The molecule has 1 heterocycles. The lowest BCUT2D eigenvalue weighted by Gasteiger charge is -2.37. The van der Waals surface area contributed by atoms with E-state index in [9.17, 15) is 12.8 Å². The quantitative estimate of drug-likeness (QED) is 0.799. The lowest BCUT2D eigenvalue weighted by Crippen LogP contribution is -2.53. The molecule has 0 amide bonds. The van der Waals surface area contributed by atoms with Crippen molar-refractivity contribution in [2.24, 2.45) is 0 Å². The van der Waals surface area contributed by atoms with Crippen molar-refractivity contribution in [1.82, 2.24) is 4.90 Å². The zero-order chi connectivity index (χ0) is 14.8. The van der Waals surface area contributed by atoms with Crippen LogP contribution in [-0.4, -0.2) is 49.2 Å². The van der Waals surface area contributed by atoms with Crippen LogP contribution in [0, 0.1) is 5.82 Å². The molecular weight excluding hydrogens is 297 g/mol. The smallest absolute Gasteiger partial charge is 0.157 e. The molecule has 112 valence electrons. The number of nitrogens with zero attached hydrogens (tertiary/aromatic N) is 1. The number of sulfone groups is 1. The fourth-order valence-electron chi connectivity index (χ4n) is 2.28. The summed E-state index contributed by atoms with van der Waals surface area (Å²) in [5.41, 5.74) is 0. The Bertz CT molecular complexity index is 572. The van der Waals surface area contributed by atoms with Gasteiger partial charge in [0.2, 0.25) is 0 Å². The number of hydrogen-bond donors (Lipinski definition) is 0. The van der Waals surface area contributed by atoms with Crippen molar-refractivity contribution in [2.75, 3.05) is 31.1 Å². The maximum absolute atomic E-state index is 13.5. The number of halogens is 1. The van der Waals surface area contributed by atoms with E-state index in [0.29, 0.717) is 18.0 Å². The first-order valence-electron chi connectivity index (χ1n) is 6.64. The van der Waals surface area contributed by atoms with Crippen LogP contribution in [0.25, 0.3) is 0 Å². The van der Waals surface area contributed by atoms with E-state index in [-0.39, 0.29) is 11.6 Å². The fourth-order valence-corrected chi connectivity index (χ4v) is 4.66. The average Bonchev–Trinajstić information content (AvgIpc) is 2.36. The van der Waals surface area contributed by atoms with Gasteiger partial charge in [-0.1, -0.05) is 12.1 Å². The average molecular weight is 317 g/mol. The van der Waals surface area contributed by atoms with Gasteiger partial charge < -0.3 is 0 Å². The standard InChI is InChI=1S/C14H20FNO2S2/c1-14(2)11-16(8-10-20(14,17)18)7-9-19-13-6-4-3-5-12(13)15/h3-6H,7-11H2,1-2H3. The van der Waals surface area contributed by atoms with Crippen LogP contribution in [0.15, 0.2) is 29.2 Å². The van der Waals surface area contributed by atoms with Crippen LogP contribution >= 0.6 is 11.8 Å². The van der Waals surface area contributed by atoms with Crippen molar-refractivity contribution in [1.29, 1.82) is 0 Å². The van der Waals surface area contributed by atoms with Gasteiger partial charge in [0.15, 0.2) is 9.84 Å². The zero-order valence-corrected chi connectivity index (χ0v) is 13.4. The molecule has 1 aromatic rings. The highest BCUT2D eigenvalue weighted by molar-refractivity contribution is 7.99. The van der Waals surface area contributed by atoms with E-state index < -0.39 is 14.6 Å². The van der Waals surface area contributed by atoms with Crippen LogP contribution in [0.3, 0.4) is 0 Å². The Labute approximate surface area is 124 Å². The second-order valence-electron chi connectivity index (χ2n) is 5.63. The predicted octanol–water partition coefficient (Wildman–Crippen LogP) is 2.43. The Morgan fingerprint density at radius 3 is 2.70 bits per heavy atom. The maximum Gasteiger partial charge on any atom is 0.157 e. The molecule has 1 aliphatic heterocycles. The normalized spacial score (nSPS) is 21.8. The van der Waals surface area contributed by atoms with Crippen molar-refractivity contribution in [2.45, 2.75) is 23.5 Å². The van der Waals surface area contributed by atoms with E-state index in [4.69, 9.17) is 0 Å². The van der Waals surface area contributed by atoms with Gasteiger partial charge in [0.05, 0.1) is 10.5 Å². The SMILES string of the molecule is CC1(C)CN(CCSc2ccccc2F)CCS1(=O)=O. The first kappa shape index (κ1) is 15.8. The number of rotatable bonds is 4. The Hall–Kier alpha value is -0.590. The summed E-state index contributed by atoms with van der Waals surface area (Å²) < 4.78 is 36.6. The van der Waals surface area contributed by atoms with Gasteiger partial charge in [0.1, 0.15) is 5.82 Å². The second-order valence-corrected chi connectivity index (χ2v) is 9.51. The van der Waals surface area contributed by atoms with E-state index in [1.165, 1.54) is 17.8 Å². The lowest BCUT2D eigenvalue weighted by molar-refractivity contribution is 0.264. The van der Waals surface area contributed by atoms with E-state index in [1.54, 1.807) is 26.0 Å². The first-order valence-corrected chi connectivity index (χ1v) is 9.28. The van der Waals surface area contributed by atoms with E-state index >= 15 is 0 Å². The molecule has 0 saturated carbocycles. The molecule has 0 radical (unpaired) electrons. The fraction of sp³-hybridized carbons (Fsp3) is 0.571.